The molecule has 3 rings (SSSR count). The maximum Gasteiger partial charge on any atom is 0.260 e. The van der Waals surface area contributed by atoms with E-state index >= 15 is 0 Å². The predicted molar refractivity (Wildman–Crippen MR) is 107 cm³/mol. The number of rotatable bonds is 4. The third-order valence-electron chi connectivity index (χ3n) is 4.02. The Hall–Kier alpha value is -2.01. The molecule has 1 heterocycles. The van der Waals surface area contributed by atoms with E-state index in [0.717, 1.165) is 16.8 Å². The van der Waals surface area contributed by atoms with E-state index in [2.05, 4.69) is 10.4 Å². The molecular weight excluding hydrogens is 393 g/mol. The fourth-order valence-electron chi connectivity index (χ4n) is 2.63. The molecule has 0 unspecified atom stereocenters. The van der Waals surface area contributed by atoms with Crippen molar-refractivity contribution in [3.8, 4) is 0 Å². The number of nitrogens with zero attached hydrogens (tertiary/aromatic N) is 2. The van der Waals surface area contributed by atoms with Gasteiger partial charge in [0.2, 0.25) is 0 Å². The average molecular weight is 409 g/mol. The van der Waals surface area contributed by atoms with Gasteiger partial charge < -0.3 is 5.32 Å². The highest BCUT2D eigenvalue weighted by Gasteiger charge is 2.21. The summed E-state index contributed by atoms with van der Waals surface area (Å²) < 4.78 is 1.55. The zero-order valence-corrected chi connectivity index (χ0v) is 16.5. The van der Waals surface area contributed by atoms with Crippen molar-refractivity contribution >= 4 is 46.4 Å². The Kier molecular flexibility index (Phi) is 5.56. The van der Waals surface area contributed by atoms with E-state index in [1.165, 1.54) is 0 Å². The molecule has 0 aliphatic heterocycles. The van der Waals surface area contributed by atoms with Gasteiger partial charge in [0.15, 0.2) is 0 Å². The monoisotopic (exact) mass is 407 g/mol. The molecule has 1 N–H and O–H groups in total. The SMILES string of the molecule is Cc1ccccc1NC(=O)c1c(C)nn(Cc2ccc(Cl)cc2Cl)c1Cl. The molecule has 134 valence electrons. The minimum atomic E-state index is -0.296. The van der Waals surface area contributed by atoms with Crippen LogP contribution in [0, 0.1) is 13.8 Å². The first kappa shape index (κ1) is 18.8. The van der Waals surface area contributed by atoms with Crippen molar-refractivity contribution in [1.29, 1.82) is 0 Å². The zero-order valence-electron chi connectivity index (χ0n) is 14.2. The van der Waals surface area contributed by atoms with Crippen molar-refractivity contribution in [2.75, 3.05) is 5.32 Å². The van der Waals surface area contributed by atoms with Crippen LogP contribution in [0.3, 0.4) is 0 Å². The molecule has 4 nitrogen and oxygen atoms in total. The number of aromatic nitrogens is 2. The summed E-state index contributed by atoms with van der Waals surface area (Å²) in [5, 5.41) is 8.61. The second-order valence-corrected chi connectivity index (χ2v) is 7.12. The molecule has 0 saturated heterocycles. The summed E-state index contributed by atoms with van der Waals surface area (Å²) in [5.74, 6) is -0.296. The summed E-state index contributed by atoms with van der Waals surface area (Å²) in [4.78, 5) is 12.7. The van der Waals surface area contributed by atoms with Crippen LogP contribution in [0.2, 0.25) is 15.2 Å². The maximum absolute atomic E-state index is 12.7. The second-order valence-electron chi connectivity index (χ2n) is 5.91. The first-order chi connectivity index (χ1) is 12.4. The van der Waals surface area contributed by atoms with Crippen molar-refractivity contribution in [3.63, 3.8) is 0 Å². The highest BCUT2D eigenvalue weighted by Crippen LogP contribution is 2.26. The lowest BCUT2D eigenvalue weighted by molar-refractivity contribution is 0.102. The van der Waals surface area contributed by atoms with E-state index in [1.54, 1.807) is 23.7 Å². The molecule has 1 amide bonds. The molecule has 0 spiro atoms. The van der Waals surface area contributed by atoms with Gasteiger partial charge in [0.25, 0.3) is 5.91 Å². The summed E-state index contributed by atoms with van der Waals surface area (Å²) in [6.07, 6.45) is 0. The summed E-state index contributed by atoms with van der Waals surface area (Å²) in [5.41, 5.74) is 3.41. The van der Waals surface area contributed by atoms with Crippen LogP contribution in [0.15, 0.2) is 42.5 Å². The molecule has 26 heavy (non-hydrogen) atoms. The number of hydrogen-bond donors (Lipinski definition) is 1. The van der Waals surface area contributed by atoms with Crippen LogP contribution < -0.4 is 5.32 Å². The number of benzene rings is 2. The largest absolute Gasteiger partial charge is 0.322 e. The van der Waals surface area contributed by atoms with Crippen LogP contribution in [-0.2, 0) is 6.54 Å². The molecule has 3 aromatic rings. The zero-order chi connectivity index (χ0) is 18.8. The molecule has 1 aromatic heterocycles. The fraction of sp³-hybridized carbons (Fsp3) is 0.158. The van der Waals surface area contributed by atoms with Crippen LogP contribution in [0.1, 0.15) is 27.2 Å². The lowest BCUT2D eigenvalue weighted by atomic mass is 10.2. The molecule has 7 heteroatoms. The first-order valence-electron chi connectivity index (χ1n) is 7.90. The maximum atomic E-state index is 12.7. The quantitative estimate of drug-likeness (QED) is 0.596. The molecule has 0 radical (unpaired) electrons. The number of halogens is 3. The van der Waals surface area contributed by atoms with Crippen LogP contribution in [0.4, 0.5) is 5.69 Å². The summed E-state index contributed by atoms with van der Waals surface area (Å²) in [6.45, 7) is 4.02. The summed E-state index contributed by atoms with van der Waals surface area (Å²) >= 11 is 18.6. The Bertz CT molecular complexity index is 982. The first-order valence-corrected chi connectivity index (χ1v) is 9.04. The molecular formula is C19H16Cl3N3O. The Balaban J connectivity index is 1.88. The van der Waals surface area contributed by atoms with E-state index in [0.29, 0.717) is 27.8 Å². The van der Waals surface area contributed by atoms with Gasteiger partial charge in [0.05, 0.1) is 17.8 Å². The Morgan fingerprint density at radius 3 is 2.54 bits per heavy atom. The van der Waals surface area contributed by atoms with Crippen molar-refractivity contribution < 1.29 is 4.79 Å². The lowest BCUT2D eigenvalue weighted by Crippen LogP contribution is -2.14. The van der Waals surface area contributed by atoms with Gasteiger partial charge in [-0.2, -0.15) is 5.10 Å². The molecule has 0 atom stereocenters. The Labute approximate surface area is 166 Å². The molecule has 0 aliphatic rings. The molecule has 0 aliphatic carbocycles. The van der Waals surface area contributed by atoms with Crippen molar-refractivity contribution in [3.05, 3.63) is 80.0 Å². The molecule has 0 bridgehead atoms. The minimum Gasteiger partial charge on any atom is -0.322 e. The number of nitrogens with one attached hydrogen (secondary N) is 1. The van der Waals surface area contributed by atoms with Gasteiger partial charge in [-0.15, -0.1) is 0 Å². The third-order valence-corrected chi connectivity index (χ3v) is 4.99. The van der Waals surface area contributed by atoms with Crippen LogP contribution >= 0.6 is 34.8 Å². The number of carbonyl (C=O) groups excluding carboxylic acids is 1. The van der Waals surface area contributed by atoms with Gasteiger partial charge in [0.1, 0.15) is 5.15 Å². The summed E-state index contributed by atoms with van der Waals surface area (Å²) in [7, 11) is 0. The van der Waals surface area contributed by atoms with Gasteiger partial charge in [-0.25, -0.2) is 4.68 Å². The van der Waals surface area contributed by atoms with E-state index in [1.807, 2.05) is 37.3 Å². The molecule has 2 aromatic carbocycles. The van der Waals surface area contributed by atoms with Crippen molar-refractivity contribution in [1.82, 2.24) is 9.78 Å². The Morgan fingerprint density at radius 1 is 1.12 bits per heavy atom. The van der Waals surface area contributed by atoms with Crippen LogP contribution in [0.25, 0.3) is 0 Å². The minimum absolute atomic E-state index is 0.264. The number of aryl methyl sites for hydroxylation is 2. The number of anilines is 1. The molecule has 0 saturated carbocycles. The van der Waals surface area contributed by atoms with Crippen molar-refractivity contribution in [2.24, 2.45) is 0 Å². The number of amides is 1. The number of carbonyl (C=O) groups is 1. The standard InChI is InChI=1S/C19H16Cl3N3O/c1-11-5-3-4-6-16(11)23-19(26)17-12(2)24-25(18(17)22)10-13-7-8-14(20)9-15(13)21/h3-9H,10H2,1-2H3,(H,23,26). The van der Waals surface area contributed by atoms with E-state index in [9.17, 15) is 4.79 Å². The fourth-order valence-corrected chi connectivity index (χ4v) is 3.41. The van der Waals surface area contributed by atoms with Gasteiger partial charge in [-0.05, 0) is 43.2 Å². The third kappa shape index (κ3) is 3.88. The van der Waals surface area contributed by atoms with Crippen LogP contribution in [-0.4, -0.2) is 15.7 Å². The lowest BCUT2D eigenvalue weighted by Gasteiger charge is -2.08. The van der Waals surface area contributed by atoms with E-state index < -0.39 is 0 Å². The molecule has 0 fully saturated rings. The van der Waals surface area contributed by atoms with E-state index in [-0.39, 0.29) is 11.1 Å². The average Bonchev–Trinajstić information content (AvgIpc) is 2.86. The highest BCUT2D eigenvalue weighted by atomic mass is 35.5. The summed E-state index contributed by atoms with van der Waals surface area (Å²) in [6, 6.07) is 12.8. The normalized spacial score (nSPS) is 10.8. The predicted octanol–water partition coefficient (Wildman–Crippen LogP) is 5.76. The number of para-hydroxylation sites is 1. The van der Waals surface area contributed by atoms with Gasteiger partial charge >= 0.3 is 0 Å². The van der Waals surface area contributed by atoms with Gasteiger partial charge in [-0.1, -0.05) is 59.1 Å². The Morgan fingerprint density at radius 2 is 1.85 bits per heavy atom. The second kappa shape index (κ2) is 7.70. The van der Waals surface area contributed by atoms with Crippen molar-refractivity contribution in [2.45, 2.75) is 20.4 Å². The van der Waals surface area contributed by atoms with Gasteiger partial charge in [0, 0.05) is 15.7 Å². The smallest absolute Gasteiger partial charge is 0.260 e. The highest BCUT2D eigenvalue weighted by molar-refractivity contribution is 6.35. The van der Waals surface area contributed by atoms with Gasteiger partial charge in [-0.3, -0.25) is 4.79 Å². The van der Waals surface area contributed by atoms with E-state index in [4.69, 9.17) is 34.8 Å². The van der Waals surface area contributed by atoms with Crippen LogP contribution in [0.5, 0.6) is 0 Å². The topological polar surface area (TPSA) is 46.9 Å². The number of hydrogen-bond acceptors (Lipinski definition) is 2.